The van der Waals surface area contributed by atoms with Crippen molar-refractivity contribution in [3.63, 3.8) is 0 Å². The number of amides is 1. The van der Waals surface area contributed by atoms with Crippen molar-refractivity contribution in [2.24, 2.45) is 17.6 Å². The van der Waals surface area contributed by atoms with E-state index in [1.54, 1.807) is 22.8 Å². The van der Waals surface area contributed by atoms with Gasteiger partial charge in [-0.15, -0.1) is 24.8 Å². The molecule has 3 rings (SSSR count). The van der Waals surface area contributed by atoms with Crippen molar-refractivity contribution < 1.29 is 9.21 Å². The van der Waals surface area contributed by atoms with Crippen molar-refractivity contribution in [2.75, 3.05) is 32.5 Å². The Labute approximate surface area is 171 Å². The summed E-state index contributed by atoms with van der Waals surface area (Å²) in [5.74, 6) is -0.130. The second-order valence-corrected chi connectivity index (χ2v) is 7.03. The number of nitrogens with zero attached hydrogens (tertiary/aromatic N) is 2. The Hall–Kier alpha value is -1.54. The largest absolute Gasteiger partial charge is 0.419 e. The number of rotatable bonds is 6. The zero-order chi connectivity index (χ0) is 18.0. The number of aromatic nitrogens is 1. The molecule has 0 radical (unpaired) electrons. The molecule has 3 N–H and O–H groups in total. The lowest BCUT2D eigenvalue weighted by Gasteiger charge is -2.17. The van der Waals surface area contributed by atoms with Crippen LogP contribution in [0.2, 0.25) is 0 Å². The third-order valence-electron chi connectivity index (χ3n) is 5.00. The second kappa shape index (κ2) is 10.1. The number of nitrogens with two attached hydrogens (primary N) is 1. The highest BCUT2D eigenvalue weighted by Gasteiger charge is 2.31. The van der Waals surface area contributed by atoms with Crippen LogP contribution < -0.4 is 16.8 Å². The summed E-state index contributed by atoms with van der Waals surface area (Å²) < 4.78 is 6.89. The van der Waals surface area contributed by atoms with Crippen molar-refractivity contribution in [2.45, 2.75) is 25.8 Å². The minimum absolute atomic E-state index is 0. The maximum atomic E-state index is 12.6. The van der Waals surface area contributed by atoms with Crippen molar-refractivity contribution in [3.05, 3.63) is 28.7 Å². The van der Waals surface area contributed by atoms with Gasteiger partial charge in [-0.2, -0.15) is 0 Å². The number of anilines is 1. The van der Waals surface area contributed by atoms with Gasteiger partial charge in [-0.3, -0.25) is 9.36 Å². The minimum atomic E-state index is -0.376. The number of nitrogens with one attached hydrogen (secondary N) is 1. The molecule has 1 aromatic carbocycles. The highest BCUT2D eigenvalue weighted by molar-refractivity contribution is 5.94. The summed E-state index contributed by atoms with van der Waals surface area (Å²) >= 11 is 0. The van der Waals surface area contributed by atoms with Gasteiger partial charge in [0.2, 0.25) is 5.91 Å². The van der Waals surface area contributed by atoms with Crippen LogP contribution in [0.15, 0.2) is 27.4 Å². The molecule has 9 heteroatoms. The Balaban J connectivity index is 0.00000182. The number of halogens is 2. The Morgan fingerprint density at radius 2 is 2.07 bits per heavy atom. The van der Waals surface area contributed by atoms with Crippen molar-refractivity contribution in [1.82, 2.24) is 9.47 Å². The molecule has 0 aliphatic heterocycles. The Kier molecular flexibility index (Phi) is 8.81. The molecule has 1 fully saturated rings. The molecule has 0 spiro atoms. The fourth-order valence-electron chi connectivity index (χ4n) is 3.55. The highest BCUT2D eigenvalue weighted by Crippen LogP contribution is 2.32. The van der Waals surface area contributed by atoms with Crippen LogP contribution in [0.1, 0.15) is 19.3 Å². The fraction of sp³-hybridized carbons (Fsp3) is 0.556. The number of oxazole rings is 1. The Morgan fingerprint density at radius 3 is 2.74 bits per heavy atom. The van der Waals surface area contributed by atoms with E-state index in [1.165, 1.54) is 0 Å². The molecule has 27 heavy (non-hydrogen) atoms. The average molecular weight is 419 g/mol. The van der Waals surface area contributed by atoms with E-state index in [0.717, 1.165) is 25.8 Å². The van der Waals surface area contributed by atoms with Gasteiger partial charge in [0, 0.05) is 24.7 Å². The maximum absolute atomic E-state index is 12.6. The summed E-state index contributed by atoms with van der Waals surface area (Å²) in [6.07, 6.45) is 2.94. The molecule has 0 bridgehead atoms. The monoisotopic (exact) mass is 418 g/mol. The fourth-order valence-corrected chi connectivity index (χ4v) is 3.55. The number of hydrogen-bond donors (Lipinski definition) is 2. The van der Waals surface area contributed by atoms with Crippen LogP contribution in [0.3, 0.4) is 0 Å². The number of fused-ring (bicyclic) bond motifs is 1. The van der Waals surface area contributed by atoms with E-state index >= 15 is 0 Å². The third-order valence-corrected chi connectivity index (χ3v) is 5.00. The van der Waals surface area contributed by atoms with Gasteiger partial charge in [-0.05, 0) is 57.6 Å². The number of likely N-dealkylation sites (N-methyl/N-ethyl adjacent to an activating group) is 1. The van der Waals surface area contributed by atoms with Crippen LogP contribution in [0, 0.1) is 11.8 Å². The molecule has 1 aliphatic rings. The van der Waals surface area contributed by atoms with Gasteiger partial charge in [0.1, 0.15) is 0 Å². The van der Waals surface area contributed by atoms with Gasteiger partial charge >= 0.3 is 5.76 Å². The van der Waals surface area contributed by atoms with E-state index in [2.05, 4.69) is 5.32 Å². The minimum Gasteiger partial charge on any atom is -0.408 e. The maximum Gasteiger partial charge on any atom is 0.419 e. The first kappa shape index (κ1) is 23.5. The van der Waals surface area contributed by atoms with Crippen molar-refractivity contribution >= 4 is 47.5 Å². The van der Waals surface area contributed by atoms with Crippen molar-refractivity contribution in [3.8, 4) is 0 Å². The van der Waals surface area contributed by atoms with Crippen LogP contribution in [0.4, 0.5) is 5.69 Å². The quantitative estimate of drug-likeness (QED) is 0.750. The molecule has 1 saturated carbocycles. The first-order chi connectivity index (χ1) is 12.0. The van der Waals surface area contributed by atoms with Crippen LogP contribution in [-0.4, -0.2) is 42.6 Å². The normalized spacial score (nSPS) is 19.0. The summed E-state index contributed by atoms with van der Waals surface area (Å²) in [6.45, 7) is 1.81. The molecule has 1 heterocycles. The summed E-state index contributed by atoms with van der Waals surface area (Å²) in [5, 5.41) is 2.98. The zero-order valence-electron chi connectivity index (χ0n) is 15.6. The molecule has 7 nitrogen and oxygen atoms in total. The predicted molar refractivity (Wildman–Crippen MR) is 112 cm³/mol. The number of carbonyl (C=O) groups excluding carboxylic acids is 1. The Bertz CT molecular complexity index is 819. The molecule has 1 aromatic heterocycles. The van der Waals surface area contributed by atoms with E-state index in [4.69, 9.17) is 10.2 Å². The van der Waals surface area contributed by atoms with E-state index in [1.807, 2.05) is 19.0 Å². The summed E-state index contributed by atoms with van der Waals surface area (Å²) in [6, 6.07) is 5.31. The van der Waals surface area contributed by atoms with Gasteiger partial charge in [-0.1, -0.05) is 6.42 Å². The molecule has 2 aromatic rings. The average Bonchev–Trinajstić information content (AvgIpc) is 3.16. The van der Waals surface area contributed by atoms with Crippen LogP contribution in [0.5, 0.6) is 0 Å². The SMILES string of the molecule is CN(C)CCn1c(=O)oc2ccc(NC(=O)[C@@H]3CCC[C@@H]3CN)cc21.Cl.Cl. The summed E-state index contributed by atoms with van der Waals surface area (Å²) in [5.41, 5.74) is 7.69. The van der Waals surface area contributed by atoms with Gasteiger partial charge in [0.05, 0.1) is 5.52 Å². The van der Waals surface area contributed by atoms with Gasteiger partial charge in [0.25, 0.3) is 0 Å². The molecule has 152 valence electrons. The smallest absolute Gasteiger partial charge is 0.408 e. The predicted octanol–water partition coefficient (Wildman–Crippen LogP) is 2.31. The molecule has 0 saturated heterocycles. The third kappa shape index (κ3) is 5.25. The van der Waals surface area contributed by atoms with E-state index in [9.17, 15) is 9.59 Å². The molecular formula is C18H28Cl2N4O3. The standard InChI is InChI=1S/C18H26N4O3.2ClH/c1-21(2)8-9-22-15-10-13(6-7-16(15)25-18(22)24)20-17(23)14-5-3-4-12(14)11-19;;/h6-7,10,12,14H,3-5,8-9,11,19H2,1-2H3,(H,20,23);2*1H/t12-,14-;;/m1../s1. The van der Waals surface area contributed by atoms with E-state index < -0.39 is 0 Å². The molecule has 0 unspecified atom stereocenters. The number of benzene rings is 1. The highest BCUT2D eigenvalue weighted by atomic mass is 35.5. The summed E-state index contributed by atoms with van der Waals surface area (Å²) in [7, 11) is 3.91. The lowest BCUT2D eigenvalue weighted by Crippen LogP contribution is -2.29. The van der Waals surface area contributed by atoms with Crippen LogP contribution >= 0.6 is 24.8 Å². The van der Waals surface area contributed by atoms with Gasteiger partial charge in [0.15, 0.2) is 5.58 Å². The lowest BCUT2D eigenvalue weighted by molar-refractivity contribution is -0.120. The zero-order valence-corrected chi connectivity index (χ0v) is 17.3. The number of carbonyl (C=O) groups is 1. The topological polar surface area (TPSA) is 93.5 Å². The first-order valence-corrected chi connectivity index (χ1v) is 8.78. The van der Waals surface area contributed by atoms with Gasteiger partial charge in [-0.25, -0.2) is 4.79 Å². The van der Waals surface area contributed by atoms with E-state index in [-0.39, 0.29) is 48.3 Å². The molecule has 1 aliphatic carbocycles. The molecule has 2 atom stereocenters. The van der Waals surface area contributed by atoms with E-state index in [0.29, 0.717) is 29.9 Å². The number of hydrogen-bond acceptors (Lipinski definition) is 5. The lowest BCUT2D eigenvalue weighted by atomic mass is 9.95. The summed E-state index contributed by atoms with van der Waals surface area (Å²) in [4.78, 5) is 26.6. The van der Waals surface area contributed by atoms with Gasteiger partial charge < -0.3 is 20.4 Å². The van der Waals surface area contributed by atoms with Crippen LogP contribution in [0.25, 0.3) is 11.1 Å². The van der Waals surface area contributed by atoms with Crippen LogP contribution in [-0.2, 0) is 11.3 Å². The van der Waals surface area contributed by atoms with Crippen molar-refractivity contribution in [1.29, 1.82) is 0 Å². The molecular weight excluding hydrogens is 391 g/mol. The first-order valence-electron chi connectivity index (χ1n) is 8.78. The second-order valence-electron chi connectivity index (χ2n) is 7.03. The molecule has 1 amide bonds. The Morgan fingerprint density at radius 1 is 1.33 bits per heavy atom.